The highest BCUT2D eigenvalue weighted by molar-refractivity contribution is 6.22. The number of nitrogens with zero attached hydrogens (tertiary/aromatic N) is 3. The fraction of sp³-hybridized carbons (Fsp3) is 0.473. The Labute approximate surface area is 432 Å². The van der Waals surface area contributed by atoms with E-state index in [4.69, 9.17) is 18.9 Å². The van der Waals surface area contributed by atoms with Crippen LogP contribution in [0.25, 0.3) is 21.7 Å². The average Bonchev–Trinajstić information content (AvgIpc) is 4.20. The molecule has 4 aliphatic heterocycles. The van der Waals surface area contributed by atoms with Gasteiger partial charge < -0.3 is 64.4 Å². The van der Waals surface area contributed by atoms with Crippen LogP contribution in [0, 0.1) is 36.4 Å². The van der Waals surface area contributed by atoms with E-state index in [0.29, 0.717) is 5.52 Å². The number of phenols is 3. The van der Waals surface area contributed by atoms with Crippen LogP contribution in [0.4, 0.5) is 15.8 Å². The lowest BCUT2D eigenvalue weighted by Gasteiger charge is -2.38. The van der Waals surface area contributed by atoms with Crippen molar-refractivity contribution in [3.63, 3.8) is 0 Å². The molecule has 4 aromatic rings. The molecule has 1 saturated heterocycles. The molecule has 19 nitrogen and oxygen atoms in total. The number of fused-ring (bicyclic) bond motifs is 15. The van der Waals surface area contributed by atoms with Crippen molar-refractivity contribution in [3.05, 3.63) is 92.8 Å². The number of rotatable bonds is 7. The standard InChI is InChI=1S/C55H65FN4O15/c1-25-11-10-12-26(2)53(69)57-43-34(23-58-16-18-59(19-17-58)38-22-37-33(21-36(38)56)47(65)35(54(70)71)24-60(37)32-13-14-32)48(66)40-41(49(43)67)46(64)30(6)51-42(40)52(68)55(8,75-51)73-20-15-39(72-9)27(3)50(74-31(7)61)29(5)45(63)28(4)44(25)62/h10-12,15,20-22,24-25,27-29,32,39,44-45,50,62-64,66-67H,13-14,16-19,23H2,1-9H3,(H,57,69)(H,70,71)/t25-,27+,28+,29+,39-,44-,45+,50+,55-/m0/s1. The molecule has 5 heterocycles. The molecule has 20 heteroatoms. The Morgan fingerprint density at radius 2 is 1.59 bits per heavy atom. The molecule has 5 bridgehead atoms. The van der Waals surface area contributed by atoms with Crippen LogP contribution >= 0.6 is 0 Å². The molecule has 0 unspecified atom stereocenters. The minimum Gasteiger partial charge on any atom is -0.507 e. The normalized spacial score (nSPS) is 27.1. The molecule has 1 aromatic heterocycles. The van der Waals surface area contributed by atoms with Gasteiger partial charge in [-0.15, -0.1) is 0 Å². The molecule has 0 radical (unpaired) electrons. The van der Waals surface area contributed by atoms with Crippen molar-refractivity contribution in [3.8, 4) is 23.0 Å². The number of nitrogens with one attached hydrogen (secondary N) is 1. The lowest BCUT2D eigenvalue weighted by atomic mass is 9.78. The number of phenolic OH excluding ortho intramolecular Hbond substituents is 3. The number of piperazine rings is 1. The Kier molecular flexibility index (Phi) is 15.2. The number of Topliss-reactive ketones (excluding diaryl/α,β-unsaturated/α-hetero) is 1. The summed E-state index contributed by atoms with van der Waals surface area (Å²) in [4.78, 5) is 70.1. The second-order valence-electron chi connectivity index (χ2n) is 20.6. The molecule has 0 spiro atoms. The number of aliphatic hydroxyl groups excluding tert-OH is 2. The quantitative estimate of drug-likeness (QED) is 0.0587. The SMILES string of the molecule is CO[C@H]1C=CO[C@@]2(C)Oc3c(C)c(O)c4c(O)c(c(CN5CCN(c6cc7c(cc6F)c(=O)c(C(=O)O)cn7C6CC6)CC5)c(O)c4c3C2=O)NC(=O)C(C)=CC=C[C@H](C)[C@H](O)[C@@H](C)[C@@H](O)[C@@H](C)[C@H](OC(C)=O)[C@@H]1C. The third kappa shape index (κ3) is 10.0. The number of amides is 1. The van der Waals surface area contributed by atoms with Gasteiger partial charge in [-0.05, 0) is 44.9 Å². The van der Waals surface area contributed by atoms with E-state index >= 15 is 4.39 Å². The number of pyridine rings is 1. The van der Waals surface area contributed by atoms with E-state index in [1.165, 1.54) is 59.4 Å². The van der Waals surface area contributed by atoms with Crippen LogP contribution in [0.5, 0.6) is 23.0 Å². The van der Waals surface area contributed by atoms with Gasteiger partial charge in [0.2, 0.25) is 5.43 Å². The zero-order valence-corrected chi connectivity index (χ0v) is 43.3. The number of aromatic nitrogens is 1. The van der Waals surface area contributed by atoms with Crippen molar-refractivity contribution in [2.75, 3.05) is 43.5 Å². The fourth-order valence-corrected chi connectivity index (χ4v) is 10.7. The third-order valence-electron chi connectivity index (χ3n) is 15.5. The molecule has 9 atom stereocenters. The molecular weight excluding hydrogens is 976 g/mol. The molecule has 1 saturated carbocycles. The first-order valence-electron chi connectivity index (χ1n) is 25.1. The maximum Gasteiger partial charge on any atom is 0.341 e. The number of halogens is 1. The number of carboxylic acids is 1. The minimum atomic E-state index is -2.12. The van der Waals surface area contributed by atoms with Crippen molar-refractivity contribution >= 4 is 56.7 Å². The number of methoxy groups -OCH3 is 1. The molecule has 9 rings (SSSR count). The summed E-state index contributed by atoms with van der Waals surface area (Å²) in [6.45, 7) is 13.1. The van der Waals surface area contributed by atoms with Gasteiger partial charge in [-0.3, -0.25) is 24.1 Å². The Bertz CT molecular complexity index is 3140. The zero-order chi connectivity index (χ0) is 54.7. The first-order chi connectivity index (χ1) is 35.4. The van der Waals surface area contributed by atoms with Gasteiger partial charge >= 0.3 is 17.7 Å². The third-order valence-corrected chi connectivity index (χ3v) is 15.5. The second-order valence-corrected chi connectivity index (χ2v) is 20.6. The van der Waals surface area contributed by atoms with Crippen molar-refractivity contribution in [2.45, 2.75) is 111 Å². The van der Waals surface area contributed by atoms with E-state index in [-0.39, 0.29) is 94.3 Å². The van der Waals surface area contributed by atoms with Gasteiger partial charge in [0, 0.05) is 117 Å². The highest BCUT2D eigenvalue weighted by Gasteiger charge is 2.50. The zero-order valence-electron chi connectivity index (χ0n) is 43.3. The van der Waals surface area contributed by atoms with Crippen molar-refractivity contribution < 1.29 is 73.2 Å². The molecule has 5 aliphatic rings. The number of esters is 1. The molecule has 402 valence electrons. The number of aromatic carboxylic acids is 1. The average molecular weight is 1040 g/mol. The number of allylic oxidation sites excluding steroid dienone is 2. The van der Waals surface area contributed by atoms with E-state index in [2.05, 4.69) is 5.32 Å². The number of aromatic hydroxyl groups is 3. The Morgan fingerprint density at radius 3 is 2.21 bits per heavy atom. The number of carboxylic acid groups (broad SMARTS) is 1. The van der Waals surface area contributed by atoms with Gasteiger partial charge in [-0.25, -0.2) is 9.18 Å². The summed E-state index contributed by atoms with van der Waals surface area (Å²) in [7, 11) is 1.42. The number of benzene rings is 3. The van der Waals surface area contributed by atoms with E-state index < -0.39 is 112 Å². The Morgan fingerprint density at radius 1 is 0.907 bits per heavy atom. The van der Waals surface area contributed by atoms with Crippen LogP contribution in [0.15, 0.2) is 59.3 Å². The fourth-order valence-electron chi connectivity index (χ4n) is 10.7. The number of carbonyl (C=O) groups excluding carboxylic acids is 3. The van der Waals surface area contributed by atoms with Gasteiger partial charge in [-0.1, -0.05) is 45.9 Å². The number of anilines is 2. The molecule has 3 aromatic carbocycles. The lowest BCUT2D eigenvalue weighted by molar-refractivity contribution is -0.160. The van der Waals surface area contributed by atoms with Gasteiger partial charge in [0.15, 0.2) is 5.75 Å². The smallest absolute Gasteiger partial charge is 0.341 e. The van der Waals surface area contributed by atoms with Crippen LogP contribution in [-0.4, -0.2) is 127 Å². The van der Waals surface area contributed by atoms with Crippen molar-refractivity contribution in [1.29, 1.82) is 0 Å². The highest BCUT2D eigenvalue weighted by atomic mass is 19.1. The maximum atomic E-state index is 16.0. The topological polar surface area (TPSA) is 267 Å². The molecule has 7 N–H and O–H groups in total. The monoisotopic (exact) mass is 1040 g/mol. The number of ether oxygens (including phenoxy) is 4. The van der Waals surface area contributed by atoms with E-state index in [9.17, 15) is 54.6 Å². The summed E-state index contributed by atoms with van der Waals surface area (Å²) in [6, 6.07) is 2.60. The van der Waals surface area contributed by atoms with Crippen molar-refractivity contribution in [2.24, 2.45) is 23.7 Å². The number of hydrogen-bond acceptors (Lipinski definition) is 16. The van der Waals surface area contributed by atoms with Gasteiger partial charge in [0.25, 0.3) is 11.7 Å². The molecule has 1 aliphatic carbocycles. The predicted molar refractivity (Wildman–Crippen MR) is 275 cm³/mol. The summed E-state index contributed by atoms with van der Waals surface area (Å²) in [6.07, 6.45) is 6.11. The first kappa shape index (κ1) is 54.3. The summed E-state index contributed by atoms with van der Waals surface area (Å²) >= 11 is 0. The second kappa shape index (κ2) is 21.0. The molecular formula is C55H65FN4O15. The number of hydrogen-bond donors (Lipinski definition) is 7. The molecule has 2 fully saturated rings. The predicted octanol–water partition coefficient (Wildman–Crippen LogP) is 6.56. The highest BCUT2D eigenvalue weighted by Crippen LogP contribution is 2.55. The van der Waals surface area contributed by atoms with E-state index in [1.807, 2.05) is 4.90 Å². The van der Waals surface area contributed by atoms with Gasteiger partial charge in [-0.2, -0.15) is 0 Å². The van der Waals surface area contributed by atoms with E-state index in [0.717, 1.165) is 18.9 Å². The van der Waals surface area contributed by atoms with E-state index in [1.54, 1.807) is 55.4 Å². The Balaban J connectivity index is 1.19. The van der Waals surface area contributed by atoms with Crippen LogP contribution in [-0.2, 0) is 30.3 Å². The van der Waals surface area contributed by atoms with Crippen LogP contribution < -0.4 is 20.4 Å². The summed E-state index contributed by atoms with van der Waals surface area (Å²) < 4.78 is 41.5. The maximum absolute atomic E-state index is 16.0. The molecule has 75 heavy (non-hydrogen) atoms. The summed E-state index contributed by atoms with van der Waals surface area (Å²) in [5, 5.41) is 71.5. The summed E-state index contributed by atoms with van der Waals surface area (Å²) in [5.74, 6) is -11.0. The molecule has 1 amide bonds. The van der Waals surface area contributed by atoms with Crippen LogP contribution in [0.3, 0.4) is 0 Å². The number of ketones is 1. The first-order valence-corrected chi connectivity index (χ1v) is 25.1. The number of carbonyl (C=O) groups is 4. The van der Waals surface area contributed by atoms with Crippen LogP contribution in [0.1, 0.15) is 99.2 Å². The van der Waals surface area contributed by atoms with Crippen molar-refractivity contribution in [1.82, 2.24) is 9.47 Å². The van der Waals surface area contributed by atoms with Crippen LogP contribution in [0.2, 0.25) is 0 Å². The minimum absolute atomic E-state index is 0.00723. The summed E-state index contributed by atoms with van der Waals surface area (Å²) in [5.41, 5.74) is -1.03. The van der Waals surface area contributed by atoms with Gasteiger partial charge in [0.05, 0.1) is 52.4 Å². The largest absolute Gasteiger partial charge is 0.507 e. The number of aliphatic hydroxyl groups is 2. The Hall–Kier alpha value is -7.00. The lowest BCUT2D eigenvalue weighted by Crippen LogP contribution is -2.46. The van der Waals surface area contributed by atoms with Gasteiger partial charge in [0.1, 0.15) is 34.7 Å².